The Labute approximate surface area is 137 Å². The van der Waals surface area contributed by atoms with Gasteiger partial charge in [-0.3, -0.25) is 4.79 Å². The van der Waals surface area contributed by atoms with Crippen LogP contribution in [-0.2, 0) is 11.2 Å². The van der Waals surface area contributed by atoms with Crippen molar-refractivity contribution in [1.29, 1.82) is 0 Å². The number of rotatable bonds is 8. The molecule has 1 aromatic rings. The Kier molecular flexibility index (Phi) is 7.38. The van der Waals surface area contributed by atoms with Crippen LogP contribution in [0.1, 0.15) is 25.8 Å². The summed E-state index contributed by atoms with van der Waals surface area (Å²) in [6.07, 6.45) is 1.65. The first-order valence-electron chi connectivity index (χ1n) is 7.70. The summed E-state index contributed by atoms with van der Waals surface area (Å²) < 4.78 is 5.12. The highest BCUT2D eigenvalue weighted by Crippen LogP contribution is 2.13. The molecule has 2 N–H and O–H groups in total. The van der Waals surface area contributed by atoms with Gasteiger partial charge in [-0.05, 0) is 37.5 Å². The first-order valence-corrected chi connectivity index (χ1v) is 7.70. The zero-order valence-corrected chi connectivity index (χ0v) is 14.2. The standard InChI is InChI=1S/C17H26N2O4/c1-12(16(20)21)11-19(3)17(22)18-13(2)5-6-14-7-9-15(23-4)10-8-14/h7-10,12-13H,5-6,11H2,1-4H3,(H,18,22)(H,20,21). The molecule has 6 nitrogen and oxygen atoms in total. The number of carbonyl (C=O) groups is 2. The zero-order chi connectivity index (χ0) is 17.4. The van der Waals surface area contributed by atoms with Gasteiger partial charge in [0.25, 0.3) is 0 Å². The number of carboxylic acids is 1. The monoisotopic (exact) mass is 322 g/mol. The molecule has 0 heterocycles. The van der Waals surface area contributed by atoms with Crippen LogP contribution in [0.2, 0.25) is 0 Å². The van der Waals surface area contributed by atoms with Crippen LogP contribution in [0.4, 0.5) is 4.79 Å². The fourth-order valence-electron chi connectivity index (χ4n) is 2.14. The van der Waals surface area contributed by atoms with Gasteiger partial charge in [0.05, 0.1) is 13.0 Å². The van der Waals surface area contributed by atoms with Crippen LogP contribution in [0.5, 0.6) is 5.75 Å². The van der Waals surface area contributed by atoms with Crippen LogP contribution in [0, 0.1) is 5.92 Å². The number of nitrogens with one attached hydrogen (secondary N) is 1. The summed E-state index contributed by atoms with van der Waals surface area (Å²) in [6.45, 7) is 3.71. The summed E-state index contributed by atoms with van der Waals surface area (Å²) in [5, 5.41) is 11.8. The molecular formula is C17H26N2O4. The van der Waals surface area contributed by atoms with Gasteiger partial charge in [-0.2, -0.15) is 0 Å². The average Bonchev–Trinajstić information content (AvgIpc) is 2.53. The van der Waals surface area contributed by atoms with Gasteiger partial charge in [0.1, 0.15) is 5.75 Å². The molecule has 2 atom stereocenters. The lowest BCUT2D eigenvalue weighted by Crippen LogP contribution is -2.44. The highest BCUT2D eigenvalue weighted by molar-refractivity contribution is 5.75. The Bertz CT molecular complexity index is 516. The van der Waals surface area contributed by atoms with E-state index in [0.717, 1.165) is 18.6 Å². The first-order chi connectivity index (χ1) is 10.8. The molecule has 128 valence electrons. The van der Waals surface area contributed by atoms with Gasteiger partial charge in [0.2, 0.25) is 0 Å². The maximum Gasteiger partial charge on any atom is 0.317 e. The van der Waals surface area contributed by atoms with Crippen LogP contribution in [-0.4, -0.2) is 48.8 Å². The molecule has 0 fully saturated rings. The number of aryl methyl sites for hydroxylation is 1. The molecule has 0 aliphatic rings. The number of hydrogen-bond acceptors (Lipinski definition) is 3. The third kappa shape index (κ3) is 6.59. The van der Waals surface area contributed by atoms with Crippen molar-refractivity contribution in [3.63, 3.8) is 0 Å². The highest BCUT2D eigenvalue weighted by atomic mass is 16.5. The number of benzene rings is 1. The summed E-state index contributed by atoms with van der Waals surface area (Å²) in [5.74, 6) is -0.665. The van der Waals surface area contributed by atoms with Crippen LogP contribution in [0.15, 0.2) is 24.3 Å². The van der Waals surface area contributed by atoms with E-state index < -0.39 is 11.9 Å². The lowest BCUT2D eigenvalue weighted by Gasteiger charge is -2.22. The fourth-order valence-corrected chi connectivity index (χ4v) is 2.14. The number of aliphatic carboxylic acids is 1. The van der Waals surface area contributed by atoms with Crippen molar-refractivity contribution in [1.82, 2.24) is 10.2 Å². The van der Waals surface area contributed by atoms with Crippen molar-refractivity contribution in [3.8, 4) is 5.75 Å². The maximum absolute atomic E-state index is 12.0. The number of carboxylic acid groups (broad SMARTS) is 1. The highest BCUT2D eigenvalue weighted by Gasteiger charge is 2.18. The average molecular weight is 322 g/mol. The van der Waals surface area contributed by atoms with Gasteiger partial charge in [-0.15, -0.1) is 0 Å². The molecule has 0 aliphatic heterocycles. The van der Waals surface area contributed by atoms with Crippen LogP contribution in [0.25, 0.3) is 0 Å². The molecule has 0 aromatic heterocycles. The molecule has 0 radical (unpaired) electrons. The van der Waals surface area contributed by atoms with Gasteiger partial charge in [0, 0.05) is 19.6 Å². The number of ether oxygens (including phenoxy) is 1. The van der Waals surface area contributed by atoms with E-state index in [2.05, 4.69) is 5.32 Å². The Morgan fingerprint density at radius 1 is 1.26 bits per heavy atom. The Balaban J connectivity index is 2.38. The van der Waals surface area contributed by atoms with Crippen molar-refractivity contribution in [2.24, 2.45) is 5.92 Å². The third-order valence-electron chi connectivity index (χ3n) is 3.71. The van der Waals surface area contributed by atoms with Crippen LogP contribution < -0.4 is 10.1 Å². The van der Waals surface area contributed by atoms with Gasteiger partial charge in [-0.1, -0.05) is 19.1 Å². The smallest absolute Gasteiger partial charge is 0.317 e. The summed E-state index contributed by atoms with van der Waals surface area (Å²) in [5.41, 5.74) is 1.18. The number of hydrogen-bond donors (Lipinski definition) is 2. The summed E-state index contributed by atoms with van der Waals surface area (Å²) in [4.78, 5) is 24.2. The minimum Gasteiger partial charge on any atom is -0.497 e. The van der Waals surface area contributed by atoms with Crippen molar-refractivity contribution in [3.05, 3.63) is 29.8 Å². The summed E-state index contributed by atoms with van der Waals surface area (Å²) in [7, 11) is 3.24. The number of carbonyl (C=O) groups excluding carboxylic acids is 1. The molecule has 0 bridgehead atoms. The zero-order valence-electron chi connectivity index (χ0n) is 14.2. The summed E-state index contributed by atoms with van der Waals surface area (Å²) in [6, 6.07) is 7.61. The molecule has 2 unspecified atom stereocenters. The molecule has 2 amide bonds. The van der Waals surface area contributed by atoms with Gasteiger partial charge in [0.15, 0.2) is 0 Å². The van der Waals surface area contributed by atoms with E-state index in [1.54, 1.807) is 21.1 Å². The second-order valence-corrected chi connectivity index (χ2v) is 5.86. The van der Waals surface area contributed by atoms with Crippen molar-refractivity contribution in [2.75, 3.05) is 20.7 Å². The van der Waals surface area contributed by atoms with Crippen molar-refractivity contribution < 1.29 is 19.4 Å². The van der Waals surface area contributed by atoms with Gasteiger partial charge < -0.3 is 20.1 Å². The van der Waals surface area contributed by atoms with Gasteiger partial charge in [-0.25, -0.2) is 4.79 Å². The predicted octanol–water partition coefficient (Wildman–Crippen LogP) is 2.38. The molecular weight excluding hydrogens is 296 g/mol. The molecule has 0 aliphatic carbocycles. The number of amides is 2. The second kappa shape index (κ2) is 9.02. The third-order valence-corrected chi connectivity index (χ3v) is 3.71. The Morgan fingerprint density at radius 2 is 1.87 bits per heavy atom. The van der Waals surface area contributed by atoms with Crippen molar-refractivity contribution in [2.45, 2.75) is 32.7 Å². The maximum atomic E-state index is 12.0. The lowest BCUT2D eigenvalue weighted by molar-refractivity contribution is -0.141. The molecule has 0 saturated carbocycles. The number of nitrogens with zero attached hydrogens (tertiary/aromatic N) is 1. The normalized spacial score (nSPS) is 13.0. The van der Waals surface area contributed by atoms with E-state index >= 15 is 0 Å². The molecule has 6 heteroatoms. The molecule has 1 rings (SSSR count). The Morgan fingerprint density at radius 3 is 2.39 bits per heavy atom. The summed E-state index contributed by atoms with van der Waals surface area (Å²) >= 11 is 0. The van der Waals surface area contributed by atoms with Crippen LogP contribution in [0.3, 0.4) is 0 Å². The SMILES string of the molecule is COc1ccc(CCC(C)NC(=O)N(C)CC(C)C(=O)O)cc1. The lowest BCUT2D eigenvalue weighted by atomic mass is 10.1. The van der Waals surface area contributed by atoms with E-state index in [4.69, 9.17) is 9.84 Å². The van der Waals surface area contributed by atoms with Gasteiger partial charge >= 0.3 is 12.0 Å². The van der Waals surface area contributed by atoms with E-state index in [1.807, 2.05) is 31.2 Å². The fraction of sp³-hybridized carbons (Fsp3) is 0.529. The Hall–Kier alpha value is -2.24. The van der Waals surface area contributed by atoms with E-state index in [1.165, 1.54) is 10.5 Å². The van der Waals surface area contributed by atoms with Crippen LogP contribution >= 0.6 is 0 Å². The second-order valence-electron chi connectivity index (χ2n) is 5.86. The van der Waals surface area contributed by atoms with E-state index in [-0.39, 0.29) is 18.6 Å². The number of methoxy groups -OCH3 is 1. The minimum atomic E-state index is -0.905. The molecule has 0 spiro atoms. The largest absolute Gasteiger partial charge is 0.497 e. The quantitative estimate of drug-likeness (QED) is 0.770. The van der Waals surface area contributed by atoms with E-state index in [9.17, 15) is 9.59 Å². The predicted molar refractivity (Wildman–Crippen MR) is 88.7 cm³/mol. The number of urea groups is 1. The molecule has 1 aromatic carbocycles. The van der Waals surface area contributed by atoms with Crippen molar-refractivity contribution >= 4 is 12.0 Å². The molecule has 0 saturated heterocycles. The minimum absolute atomic E-state index is 0.00665. The topological polar surface area (TPSA) is 78.9 Å². The first kappa shape index (κ1) is 18.8. The van der Waals surface area contributed by atoms with E-state index in [0.29, 0.717) is 0 Å². The molecule has 23 heavy (non-hydrogen) atoms.